The van der Waals surface area contributed by atoms with Crippen LogP contribution >= 0.6 is 0 Å². The fourth-order valence-electron chi connectivity index (χ4n) is 2.68. The SMILES string of the molecule is CCOc1ccc(/C=C/C(=O)N2CCCN(CC(N)=O)CC2)cc1. The standard InChI is InChI=1S/C18H25N3O3/c1-2-24-16-7-4-15(5-8-16)6-9-18(23)21-11-3-10-20(12-13-21)14-17(19)22/h4-9H,2-3,10-14H2,1H3,(H2,19,22)/b9-6+. The van der Waals surface area contributed by atoms with Gasteiger partial charge in [-0.05, 0) is 37.1 Å². The Kier molecular flexibility index (Phi) is 6.81. The molecule has 1 aliphatic rings. The summed E-state index contributed by atoms with van der Waals surface area (Å²) >= 11 is 0. The summed E-state index contributed by atoms with van der Waals surface area (Å²) in [4.78, 5) is 27.1. The Balaban J connectivity index is 1.88. The first kappa shape index (κ1) is 18.0. The van der Waals surface area contributed by atoms with Gasteiger partial charge in [-0.1, -0.05) is 12.1 Å². The topological polar surface area (TPSA) is 75.9 Å². The van der Waals surface area contributed by atoms with Crippen LogP contribution in [0.2, 0.25) is 0 Å². The molecule has 2 rings (SSSR count). The first-order valence-electron chi connectivity index (χ1n) is 8.29. The summed E-state index contributed by atoms with van der Waals surface area (Å²) in [6.45, 7) is 5.60. The van der Waals surface area contributed by atoms with E-state index in [1.807, 2.05) is 47.1 Å². The first-order chi connectivity index (χ1) is 11.6. The van der Waals surface area contributed by atoms with Gasteiger partial charge in [-0.15, -0.1) is 0 Å². The molecule has 0 bridgehead atoms. The van der Waals surface area contributed by atoms with Crippen molar-refractivity contribution in [2.45, 2.75) is 13.3 Å². The molecular formula is C18H25N3O3. The lowest BCUT2D eigenvalue weighted by atomic mass is 10.2. The second-order valence-corrected chi connectivity index (χ2v) is 5.76. The first-order valence-corrected chi connectivity index (χ1v) is 8.29. The number of hydrogen-bond acceptors (Lipinski definition) is 4. The Labute approximate surface area is 142 Å². The van der Waals surface area contributed by atoms with Gasteiger partial charge in [0, 0.05) is 32.3 Å². The molecule has 0 atom stereocenters. The van der Waals surface area contributed by atoms with Crippen molar-refractivity contribution >= 4 is 17.9 Å². The summed E-state index contributed by atoms with van der Waals surface area (Å²) in [7, 11) is 0. The average Bonchev–Trinajstić information content (AvgIpc) is 2.79. The summed E-state index contributed by atoms with van der Waals surface area (Å²) in [5.74, 6) is 0.484. The molecule has 1 fully saturated rings. The normalized spacial score (nSPS) is 16.1. The lowest BCUT2D eigenvalue weighted by Crippen LogP contribution is -2.37. The van der Waals surface area contributed by atoms with E-state index in [0.29, 0.717) is 26.2 Å². The van der Waals surface area contributed by atoms with Gasteiger partial charge in [0.05, 0.1) is 13.2 Å². The fourth-order valence-corrected chi connectivity index (χ4v) is 2.68. The van der Waals surface area contributed by atoms with Gasteiger partial charge in [-0.25, -0.2) is 0 Å². The molecule has 0 saturated carbocycles. The van der Waals surface area contributed by atoms with E-state index in [9.17, 15) is 9.59 Å². The van der Waals surface area contributed by atoms with Crippen LogP contribution in [0, 0.1) is 0 Å². The molecule has 0 unspecified atom stereocenters. The Morgan fingerprint density at radius 3 is 2.58 bits per heavy atom. The highest BCUT2D eigenvalue weighted by Gasteiger charge is 2.18. The molecular weight excluding hydrogens is 306 g/mol. The lowest BCUT2D eigenvalue weighted by Gasteiger charge is -2.19. The van der Waals surface area contributed by atoms with Crippen molar-refractivity contribution in [3.8, 4) is 5.75 Å². The molecule has 0 aromatic heterocycles. The molecule has 0 spiro atoms. The second kappa shape index (κ2) is 9.08. The number of primary amides is 1. The quantitative estimate of drug-likeness (QED) is 0.793. The molecule has 1 heterocycles. The highest BCUT2D eigenvalue weighted by molar-refractivity contribution is 5.91. The van der Waals surface area contributed by atoms with Gasteiger partial charge < -0.3 is 15.4 Å². The summed E-state index contributed by atoms with van der Waals surface area (Å²) in [5.41, 5.74) is 6.18. The van der Waals surface area contributed by atoms with Gasteiger partial charge in [0.15, 0.2) is 0 Å². The van der Waals surface area contributed by atoms with Crippen LogP contribution in [-0.2, 0) is 9.59 Å². The third-order valence-corrected chi connectivity index (χ3v) is 3.89. The van der Waals surface area contributed by atoms with Crippen LogP contribution in [0.25, 0.3) is 6.08 Å². The zero-order valence-electron chi connectivity index (χ0n) is 14.1. The van der Waals surface area contributed by atoms with Gasteiger partial charge in [-0.2, -0.15) is 0 Å². The molecule has 1 aromatic carbocycles. The lowest BCUT2D eigenvalue weighted by molar-refractivity contribution is -0.125. The fraction of sp³-hybridized carbons (Fsp3) is 0.444. The largest absolute Gasteiger partial charge is 0.494 e. The van der Waals surface area contributed by atoms with Crippen LogP contribution in [0.5, 0.6) is 5.75 Å². The zero-order valence-corrected chi connectivity index (χ0v) is 14.1. The molecule has 2 amide bonds. The van der Waals surface area contributed by atoms with Crippen molar-refractivity contribution < 1.29 is 14.3 Å². The van der Waals surface area contributed by atoms with Gasteiger partial charge >= 0.3 is 0 Å². The number of amides is 2. The van der Waals surface area contributed by atoms with Gasteiger partial charge in [-0.3, -0.25) is 14.5 Å². The highest BCUT2D eigenvalue weighted by atomic mass is 16.5. The Bertz CT molecular complexity index is 584. The minimum absolute atomic E-state index is 0.00944. The summed E-state index contributed by atoms with van der Waals surface area (Å²) in [5, 5.41) is 0. The number of carbonyl (C=O) groups excluding carboxylic acids is 2. The molecule has 6 heteroatoms. The molecule has 6 nitrogen and oxygen atoms in total. The van der Waals surface area contributed by atoms with Crippen molar-refractivity contribution in [2.24, 2.45) is 5.73 Å². The van der Waals surface area contributed by atoms with Crippen LogP contribution in [-0.4, -0.2) is 60.9 Å². The Morgan fingerprint density at radius 2 is 1.92 bits per heavy atom. The average molecular weight is 331 g/mol. The van der Waals surface area contributed by atoms with Crippen LogP contribution in [0.4, 0.5) is 0 Å². The number of benzene rings is 1. The molecule has 0 aliphatic carbocycles. The molecule has 1 saturated heterocycles. The van der Waals surface area contributed by atoms with E-state index < -0.39 is 0 Å². The summed E-state index contributed by atoms with van der Waals surface area (Å²) in [6.07, 6.45) is 4.25. The molecule has 2 N–H and O–H groups in total. The zero-order chi connectivity index (χ0) is 17.4. The van der Waals surface area contributed by atoms with E-state index in [4.69, 9.17) is 10.5 Å². The van der Waals surface area contributed by atoms with Crippen molar-refractivity contribution in [3.05, 3.63) is 35.9 Å². The molecule has 24 heavy (non-hydrogen) atoms. The van der Waals surface area contributed by atoms with E-state index >= 15 is 0 Å². The van der Waals surface area contributed by atoms with E-state index in [1.165, 1.54) is 0 Å². The van der Waals surface area contributed by atoms with E-state index in [1.54, 1.807) is 6.08 Å². The monoisotopic (exact) mass is 331 g/mol. The Hall–Kier alpha value is -2.34. The van der Waals surface area contributed by atoms with Gasteiger partial charge in [0.1, 0.15) is 5.75 Å². The number of nitrogens with two attached hydrogens (primary N) is 1. The molecule has 130 valence electrons. The third kappa shape index (κ3) is 5.70. The van der Waals surface area contributed by atoms with Crippen LogP contribution in [0.3, 0.4) is 0 Å². The number of carbonyl (C=O) groups is 2. The predicted octanol–water partition coefficient (Wildman–Crippen LogP) is 1.12. The molecule has 1 aliphatic heterocycles. The van der Waals surface area contributed by atoms with Crippen molar-refractivity contribution in [1.29, 1.82) is 0 Å². The molecule has 0 radical (unpaired) electrons. The van der Waals surface area contributed by atoms with Crippen molar-refractivity contribution in [2.75, 3.05) is 39.3 Å². The third-order valence-electron chi connectivity index (χ3n) is 3.89. The van der Waals surface area contributed by atoms with E-state index in [0.717, 1.165) is 24.3 Å². The summed E-state index contributed by atoms with van der Waals surface area (Å²) in [6, 6.07) is 7.63. The van der Waals surface area contributed by atoms with Crippen LogP contribution in [0.15, 0.2) is 30.3 Å². The molecule has 1 aromatic rings. The number of nitrogens with zero attached hydrogens (tertiary/aromatic N) is 2. The predicted molar refractivity (Wildman–Crippen MR) is 93.5 cm³/mol. The number of rotatable bonds is 6. The van der Waals surface area contributed by atoms with Crippen molar-refractivity contribution in [1.82, 2.24) is 9.80 Å². The van der Waals surface area contributed by atoms with E-state index in [-0.39, 0.29) is 18.4 Å². The smallest absolute Gasteiger partial charge is 0.246 e. The Morgan fingerprint density at radius 1 is 1.17 bits per heavy atom. The van der Waals surface area contributed by atoms with Gasteiger partial charge in [0.25, 0.3) is 0 Å². The number of ether oxygens (including phenoxy) is 1. The highest BCUT2D eigenvalue weighted by Crippen LogP contribution is 2.13. The minimum Gasteiger partial charge on any atom is -0.494 e. The number of hydrogen-bond donors (Lipinski definition) is 1. The maximum atomic E-state index is 12.3. The van der Waals surface area contributed by atoms with Crippen molar-refractivity contribution in [3.63, 3.8) is 0 Å². The van der Waals surface area contributed by atoms with E-state index in [2.05, 4.69) is 0 Å². The summed E-state index contributed by atoms with van der Waals surface area (Å²) < 4.78 is 5.40. The maximum absolute atomic E-state index is 12.3. The maximum Gasteiger partial charge on any atom is 0.246 e. The van der Waals surface area contributed by atoms with Crippen LogP contribution < -0.4 is 10.5 Å². The second-order valence-electron chi connectivity index (χ2n) is 5.76. The van der Waals surface area contributed by atoms with Crippen LogP contribution in [0.1, 0.15) is 18.9 Å². The van der Waals surface area contributed by atoms with Gasteiger partial charge in [0.2, 0.25) is 11.8 Å². The minimum atomic E-state index is -0.329.